The smallest absolute Gasteiger partial charge is 0.306 e. The Balaban J connectivity index is 3.02. The van der Waals surface area contributed by atoms with Gasteiger partial charge in [-0.15, -0.1) is 23.2 Å². The average Bonchev–Trinajstić information content (AvgIpc) is 2.23. The van der Waals surface area contributed by atoms with Crippen molar-refractivity contribution in [3.8, 4) is 0 Å². The topological polar surface area (TPSA) is 41.6 Å². The van der Waals surface area contributed by atoms with Gasteiger partial charge in [0.05, 0.1) is 6.61 Å². The highest BCUT2D eigenvalue weighted by atomic mass is 35.5. The van der Waals surface area contributed by atoms with Crippen molar-refractivity contribution in [1.29, 1.82) is 0 Å². The van der Waals surface area contributed by atoms with Crippen molar-refractivity contribution in [3.63, 3.8) is 0 Å². The third-order valence-electron chi connectivity index (χ3n) is 1.61. The summed E-state index contributed by atoms with van der Waals surface area (Å²) in [5, 5.41) is 0.263. The van der Waals surface area contributed by atoms with Gasteiger partial charge in [0.15, 0.2) is 0 Å². The Morgan fingerprint density at radius 1 is 1.71 bits per heavy atom. The molecular formula is C7H15Cl2N2O2P. The molecule has 0 bridgehead atoms. The fourth-order valence-corrected chi connectivity index (χ4v) is 3.09. The molecule has 4 nitrogen and oxygen atoms in total. The van der Waals surface area contributed by atoms with Crippen molar-refractivity contribution in [3.05, 3.63) is 0 Å². The van der Waals surface area contributed by atoms with E-state index in [1.54, 1.807) is 0 Å². The molecule has 1 atom stereocenters. The lowest BCUT2D eigenvalue weighted by Crippen LogP contribution is -2.35. The van der Waals surface area contributed by atoms with E-state index in [0.717, 1.165) is 4.67 Å². The lowest BCUT2D eigenvalue weighted by atomic mass is 10.5. The molecule has 0 radical (unpaired) electrons. The van der Waals surface area contributed by atoms with Gasteiger partial charge in [-0.05, 0) is 6.42 Å². The molecule has 0 aromatic heterocycles. The number of alkyl halides is 2. The van der Waals surface area contributed by atoms with Gasteiger partial charge in [0.1, 0.15) is 1.41 Å². The van der Waals surface area contributed by atoms with E-state index in [0.29, 0.717) is 0 Å². The molecule has 1 aliphatic heterocycles. The minimum Gasteiger partial charge on any atom is -0.306 e. The standard InChI is InChI=1S/C7H15Cl2N2O2P/c8-2-5-11(6-3-9)14(12)10-4-1-7-13-14/h1-7H2,(H,10,12)/i2D2,4D2/hD. The summed E-state index contributed by atoms with van der Waals surface area (Å²) >= 11 is 11.0. The van der Waals surface area contributed by atoms with Gasteiger partial charge < -0.3 is 4.52 Å². The van der Waals surface area contributed by atoms with E-state index in [-0.39, 0.29) is 30.5 Å². The van der Waals surface area contributed by atoms with Crippen molar-refractivity contribution < 1.29 is 16.0 Å². The Morgan fingerprint density at radius 3 is 3.14 bits per heavy atom. The number of halogens is 2. The summed E-state index contributed by atoms with van der Waals surface area (Å²) in [5.41, 5.74) is 0. The third kappa shape index (κ3) is 3.37. The summed E-state index contributed by atoms with van der Waals surface area (Å²) < 4.78 is 56.2. The van der Waals surface area contributed by atoms with Gasteiger partial charge in [-0.25, -0.2) is 9.75 Å². The molecule has 1 unspecified atom stereocenters. The lowest BCUT2D eigenvalue weighted by molar-refractivity contribution is 0.233. The fraction of sp³-hybridized carbons (Fsp3) is 1.00. The quantitative estimate of drug-likeness (QED) is 0.609. The van der Waals surface area contributed by atoms with Crippen LogP contribution < -0.4 is 5.08 Å². The normalized spacial score (nSPS) is 39.5. The lowest BCUT2D eigenvalue weighted by Gasteiger charge is -2.33. The summed E-state index contributed by atoms with van der Waals surface area (Å²) in [6.07, 6.45) is -0.0943. The largest absolute Gasteiger partial charge is 0.343 e. The first-order valence-corrected chi connectivity index (χ1v) is 6.52. The Labute approximate surface area is 102 Å². The van der Waals surface area contributed by atoms with Crippen LogP contribution in [0.15, 0.2) is 0 Å². The van der Waals surface area contributed by atoms with Crippen LogP contribution in [0.1, 0.15) is 11.9 Å². The van der Waals surface area contributed by atoms with Gasteiger partial charge in [-0.3, -0.25) is 4.57 Å². The second-order valence-corrected chi connectivity index (χ2v) is 5.19. The summed E-state index contributed by atoms with van der Waals surface area (Å²) in [6.45, 7) is -2.75. The van der Waals surface area contributed by atoms with Crippen molar-refractivity contribution in [2.24, 2.45) is 0 Å². The van der Waals surface area contributed by atoms with Gasteiger partial charge >= 0.3 is 7.67 Å². The first-order valence-electron chi connectivity index (χ1n) is 6.52. The highest BCUT2D eigenvalue weighted by Gasteiger charge is 2.32. The molecule has 0 amide bonds. The molecule has 1 N–H and O–H groups in total. The van der Waals surface area contributed by atoms with Crippen LogP contribution in [0, 0.1) is 0 Å². The van der Waals surface area contributed by atoms with Crippen LogP contribution in [0.2, 0.25) is 1.41 Å². The number of hydrogen-bond acceptors (Lipinski definition) is 2. The van der Waals surface area contributed by atoms with E-state index in [4.69, 9.17) is 34.6 Å². The van der Waals surface area contributed by atoms with Crippen LogP contribution in [-0.4, -0.2) is 42.6 Å². The van der Waals surface area contributed by atoms with E-state index in [1.807, 2.05) is 0 Å². The van der Waals surface area contributed by atoms with Gasteiger partial charge in [0.25, 0.3) is 0 Å². The van der Waals surface area contributed by atoms with Gasteiger partial charge in [0.2, 0.25) is 0 Å². The maximum Gasteiger partial charge on any atom is 0.343 e. The SMILES string of the molecule is [2H]N1C([2H])([2H])CCOP1(=O)N(CCCl)CC([2H])([2H])Cl. The minimum absolute atomic E-state index is 0.0250. The van der Waals surface area contributed by atoms with Crippen molar-refractivity contribution in [1.82, 2.24) is 9.75 Å². The second-order valence-electron chi connectivity index (χ2n) is 2.54. The highest BCUT2D eigenvalue weighted by molar-refractivity contribution is 7.54. The van der Waals surface area contributed by atoms with Crippen LogP contribution in [0.25, 0.3) is 0 Å². The molecule has 1 fully saturated rings. The van der Waals surface area contributed by atoms with E-state index in [9.17, 15) is 4.57 Å². The molecule has 0 aromatic rings. The van der Waals surface area contributed by atoms with Crippen LogP contribution in [-0.2, 0) is 9.09 Å². The van der Waals surface area contributed by atoms with Crippen LogP contribution >= 0.6 is 30.9 Å². The predicted octanol–water partition coefficient (Wildman–Crippen LogP) is 1.88. The molecular weight excluding hydrogens is 246 g/mol. The van der Waals surface area contributed by atoms with E-state index in [1.165, 1.54) is 0 Å². The van der Waals surface area contributed by atoms with E-state index >= 15 is 0 Å². The molecule has 0 spiro atoms. The minimum atomic E-state index is -4.00. The Hall–Kier alpha value is 0.690. The first-order chi connectivity index (χ1) is 8.53. The van der Waals surface area contributed by atoms with Crippen molar-refractivity contribution in [2.45, 2.75) is 6.42 Å². The monoisotopic (exact) mass is 265 g/mol. The van der Waals surface area contributed by atoms with Crippen molar-refractivity contribution >= 4 is 30.9 Å². The molecule has 0 saturated carbocycles. The van der Waals surface area contributed by atoms with Crippen LogP contribution in [0.3, 0.4) is 0 Å². The average molecular weight is 266 g/mol. The molecule has 84 valence electrons. The predicted molar refractivity (Wildman–Crippen MR) is 59.2 cm³/mol. The maximum atomic E-state index is 12.7. The zero-order valence-electron chi connectivity index (χ0n) is 12.4. The second kappa shape index (κ2) is 6.31. The number of nitrogens with zero attached hydrogens (tertiary/aromatic N) is 1. The van der Waals surface area contributed by atoms with Crippen LogP contribution in [0.4, 0.5) is 0 Å². The third-order valence-corrected chi connectivity index (χ3v) is 3.87. The fourth-order valence-electron chi connectivity index (χ4n) is 0.985. The summed E-state index contributed by atoms with van der Waals surface area (Å²) in [6, 6.07) is 0. The summed E-state index contributed by atoms with van der Waals surface area (Å²) in [4.78, 5) is 0. The van der Waals surface area contributed by atoms with Gasteiger partial charge in [-0.1, -0.05) is 0 Å². The Bertz CT molecular complexity index is 370. The maximum absolute atomic E-state index is 12.7. The number of hydrogen-bond donors (Lipinski definition) is 1. The number of nitrogens with one attached hydrogen (secondary N) is 1. The molecule has 0 aromatic carbocycles. The molecule has 0 aliphatic carbocycles. The first kappa shape index (κ1) is 7.10. The van der Waals surface area contributed by atoms with E-state index in [2.05, 4.69) is 0 Å². The Morgan fingerprint density at radius 2 is 2.50 bits per heavy atom. The van der Waals surface area contributed by atoms with Crippen molar-refractivity contribution in [2.75, 3.05) is 37.9 Å². The van der Waals surface area contributed by atoms with Gasteiger partial charge in [0, 0.05) is 36.8 Å². The molecule has 1 rings (SSSR count). The molecule has 1 aliphatic rings. The summed E-state index contributed by atoms with van der Waals surface area (Å²) in [7, 11) is -4.00. The molecule has 1 saturated heterocycles. The van der Waals surface area contributed by atoms with Gasteiger partial charge in [-0.2, -0.15) is 0 Å². The summed E-state index contributed by atoms with van der Waals surface area (Å²) in [5.74, 6) is -2.16. The highest BCUT2D eigenvalue weighted by Crippen LogP contribution is 2.47. The molecule has 7 heteroatoms. The van der Waals surface area contributed by atoms with E-state index < -0.39 is 26.5 Å². The molecule has 1 heterocycles. The molecule has 14 heavy (non-hydrogen) atoms. The zero-order chi connectivity index (χ0) is 14.9. The number of rotatable bonds is 5. The van der Waals surface area contributed by atoms with Crippen LogP contribution in [0.5, 0.6) is 0 Å². The zero-order valence-corrected chi connectivity index (χ0v) is 9.86. The Kier molecular flexibility index (Phi) is 3.20.